The Bertz CT molecular complexity index is 446. The van der Waals surface area contributed by atoms with Gasteiger partial charge in [-0.15, -0.1) is 0 Å². The first-order valence-corrected chi connectivity index (χ1v) is 4.15. The number of hydrogen-bond donors (Lipinski definition) is 1. The Morgan fingerprint density at radius 2 is 2.36 bits per heavy atom. The Labute approximate surface area is 81.1 Å². The second kappa shape index (κ2) is 3.04. The number of carbonyl (C=O) groups is 1. The molecule has 0 aromatic heterocycles. The fraction of sp³-hybridized carbons (Fsp3) is 0.200. The van der Waals surface area contributed by atoms with Gasteiger partial charge in [0.05, 0.1) is 18.7 Å². The molecule has 0 bridgehead atoms. The third-order valence-electron chi connectivity index (χ3n) is 2.23. The normalized spacial score (nSPS) is 13.0. The van der Waals surface area contributed by atoms with E-state index in [-0.39, 0.29) is 5.91 Å². The zero-order valence-electron chi connectivity index (χ0n) is 7.63. The SMILES string of the molecule is COc1cc(C#N)cc2c1CNC2=O. The lowest BCUT2D eigenvalue weighted by Crippen LogP contribution is -2.12. The lowest BCUT2D eigenvalue weighted by Gasteiger charge is -2.05. The highest BCUT2D eigenvalue weighted by molar-refractivity contribution is 5.99. The average Bonchev–Trinajstić information content (AvgIpc) is 2.59. The number of rotatable bonds is 1. The molecule has 2 rings (SSSR count). The predicted octanol–water partition coefficient (Wildman–Crippen LogP) is 0.810. The van der Waals surface area contributed by atoms with Crippen molar-refractivity contribution in [2.75, 3.05) is 7.11 Å². The monoisotopic (exact) mass is 188 g/mol. The second-order valence-corrected chi connectivity index (χ2v) is 3.00. The molecule has 70 valence electrons. The molecule has 0 fully saturated rings. The lowest BCUT2D eigenvalue weighted by molar-refractivity contribution is 0.0965. The van der Waals surface area contributed by atoms with Crippen molar-refractivity contribution in [1.29, 1.82) is 5.26 Å². The van der Waals surface area contributed by atoms with Gasteiger partial charge >= 0.3 is 0 Å². The van der Waals surface area contributed by atoms with Crippen LogP contribution in [0.1, 0.15) is 21.5 Å². The number of nitrogens with zero attached hydrogens (tertiary/aromatic N) is 1. The fourth-order valence-corrected chi connectivity index (χ4v) is 1.54. The molecule has 1 aliphatic heterocycles. The molecule has 1 amide bonds. The van der Waals surface area contributed by atoms with Gasteiger partial charge < -0.3 is 10.1 Å². The van der Waals surface area contributed by atoms with E-state index in [1.54, 1.807) is 12.1 Å². The second-order valence-electron chi connectivity index (χ2n) is 3.00. The van der Waals surface area contributed by atoms with Crippen LogP contribution in [0.15, 0.2) is 12.1 Å². The number of methoxy groups -OCH3 is 1. The molecule has 14 heavy (non-hydrogen) atoms. The van der Waals surface area contributed by atoms with Crippen molar-refractivity contribution in [2.45, 2.75) is 6.54 Å². The highest BCUT2D eigenvalue weighted by atomic mass is 16.5. The Kier molecular flexibility index (Phi) is 1.86. The van der Waals surface area contributed by atoms with E-state index in [2.05, 4.69) is 5.32 Å². The van der Waals surface area contributed by atoms with E-state index >= 15 is 0 Å². The minimum absolute atomic E-state index is 0.143. The molecule has 4 heteroatoms. The first kappa shape index (κ1) is 8.57. The number of ether oxygens (including phenoxy) is 1. The molecule has 1 heterocycles. The summed E-state index contributed by atoms with van der Waals surface area (Å²) in [6.45, 7) is 0.475. The van der Waals surface area contributed by atoms with E-state index in [9.17, 15) is 4.79 Å². The molecule has 1 aromatic rings. The maximum atomic E-state index is 11.3. The summed E-state index contributed by atoms with van der Waals surface area (Å²) in [5.41, 5.74) is 1.81. The third kappa shape index (κ3) is 1.11. The molecule has 0 radical (unpaired) electrons. The van der Waals surface area contributed by atoms with Crippen LogP contribution in [-0.4, -0.2) is 13.0 Å². The van der Waals surface area contributed by atoms with Gasteiger partial charge in [0, 0.05) is 17.7 Å². The number of carbonyl (C=O) groups excluding carboxylic acids is 1. The van der Waals surface area contributed by atoms with Gasteiger partial charge in [-0.1, -0.05) is 0 Å². The van der Waals surface area contributed by atoms with E-state index in [4.69, 9.17) is 10.00 Å². The molecule has 0 spiro atoms. The van der Waals surface area contributed by atoms with Crippen LogP contribution in [0.3, 0.4) is 0 Å². The van der Waals surface area contributed by atoms with Crippen molar-refractivity contribution < 1.29 is 9.53 Å². The molecule has 4 nitrogen and oxygen atoms in total. The Hall–Kier alpha value is -2.02. The molecule has 1 aromatic carbocycles. The van der Waals surface area contributed by atoms with Crippen molar-refractivity contribution in [3.63, 3.8) is 0 Å². The van der Waals surface area contributed by atoms with Crippen molar-refractivity contribution in [2.24, 2.45) is 0 Å². The standard InChI is InChI=1S/C10H8N2O2/c1-14-9-3-6(4-11)2-7-8(9)5-12-10(7)13/h2-3H,5H2,1H3,(H,12,13). The molecule has 1 N–H and O–H groups in total. The first-order valence-electron chi connectivity index (χ1n) is 4.15. The molecule has 0 unspecified atom stereocenters. The highest BCUT2D eigenvalue weighted by Crippen LogP contribution is 2.27. The Balaban J connectivity index is 2.65. The van der Waals surface area contributed by atoms with Crippen LogP contribution in [-0.2, 0) is 6.54 Å². The molecular weight excluding hydrogens is 180 g/mol. The summed E-state index contributed by atoms with van der Waals surface area (Å²) in [5.74, 6) is 0.452. The Morgan fingerprint density at radius 3 is 3.00 bits per heavy atom. The van der Waals surface area contributed by atoms with Gasteiger partial charge in [-0.25, -0.2) is 0 Å². The first-order chi connectivity index (χ1) is 6.76. The van der Waals surface area contributed by atoms with Crippen LogP contribution >= 0.6 is 0 Å². The molecule has 1 aliphatic rings. The summed E-state index contributed by atoms with van der Waals surface area (Å²) in [4.78, 5) is 11.3. The summed E-state index contributed by atoms with van der Waals surface area (Å²) < 4.78 is 5.10. The van der Waals surface area contributed by atoms with Gasteiger partial charge in [0.15, 0.2) is 0 Å². The maximum Gasteiger partial charge on any atom is 0.252 e. The summed E-state index contributed by atoms with van der Waals surface area (Å²) in [5, 5.41) is 11.4. The van der Waals surface area contributed by atoms with E-state index in [0.29, 0.717) is 23.4 Å². The highest BCUT2D eigenvalue weighted by Gasteiger charge is 2.23. The zero-order chi connectivity index (χ0) is 10.1. The molecule has 0 saturated heterocycles. The third-order valence-corrected chi connectivity index (χ3v) is 2.23. The number of fused-ring (bicyclic) bond motifs is 1. The van der Waals surface area contributed by atoms with E-state index < -0.39 is 0 Å². The topological polar surface area (TPSA) is 62.1 Å². The number of nitrogens with one attached hydrogen (secondary N) is 1. The summed E-state index contributed by atoms with van der Waals surface area (Å²) in [7, 11) is 1.53. The summed E-state index contributed by atoms with van der Waals surface area (Å²) in [6.07, 6.45) is 0. The van der Waals surface area contributed by atoms with Crippen molar-refractivity contribution in [1.82, 2.24) is 5.32 Å². The number of hydrogen-bond acceptors (Lipinski definition) is 3. The molecular formula is C10H8N2O2. The van der Waals surface area contributed by atoms with Gasteiger partial charge in [-0.05, 0) is 12.1 Å². The minimum atomic E-state index is -0.143. The van der Waals surface area contributed by atoms with Crippen LogP contribution < -0.4 is 10.1 Å². The predicted molar refractivity (Wildman–Crippen MR) is 48.9 cm³/mol. The zero-order valence-corrected chi connectivity index (χ0v) is 7.63. The average molecular weight is 188 g/mol. The van der Waals surface area contributed by atoms with Gasteiger partial charge in [0.25, 0.3) is 5.91 Å². The van der Waals surface area contributed by atoms with Crippen molar-refractivity contribution in [3.05, 3.63) is 28.8 Å². The quantitative estimate of drug-likeness (QED) is 0.709. The number of benzene rings is 1. The van der Waals surface area contributed by atoms with Crippen LogP contribution in [0.25, 0.3) is 0 Å². The van der Waals surface area contributed by atoms with Crippen LogP contribution in [0.4, 0.5) is 0 Å². The van der Waals surface area contributed by atoms with Crippen LogP contribution in [0.2, 0.25) is 0 Å². The van der Waals surface area contributed by atoms with Crippen LogP contribution in [0.5, 0.6) is 5.75 Å². The van der Waals surface area contributed by atoms with Crippen LogP contribution in [0, 0.1) is 11.3 Å². The van der Waals surface area contributed by atoms with Gasteiger partial charge in [-0.2, -0.15) is 5.26 Å². The van der Waals surface area contributed by atoms with Gasteiger partial charge in [-0.3, -0.25) is 4.79 Å². The molecule has 0 atom stereocenters. The maximum absolute atomic E-state index is 11.3. The van der Waals surface area contributed by atoms with E-state index in [1.807, 2.05) is 6.07 Å². The summed E-state index contributed by atoms with van der Waals surface area (Å²) in [6, 6.07) is 5.21. The van der Waals surface area contributed by atoms with Gasteiger partial charge in [0.1, 0.15) is 5.75 Å². The largest absolute Gasteiger partial charge is 0.496 e. The Morgan fingerprint density at radius 1 is 1.57 bits per heavy atom. The summed E-state index contributed by atoms with van der Waals surface area (Å²) >= 11 is 0. The molecule has 0 aliphatic carbocycles. The van der Waals surface area contributed by atoms with E-state index in [0.717, 1.165) is 5.56 Å². The van der Waals surface area contributed by atoms with Crippen molar-refractivity contribution >= 4 is 5.91 Å². The lowest BCUT2D eigenvalue weighted by atomic mass is 10.1. The number of nitriles is 1. The van der Waals surface area contributed by atoms with E-state index in [1.165, 1.54) is 7.11 Å². The minimum Gasteiger partial charge on any atom is -0.496 e. The number of amides is 1. The smallest absolute Gasteiger partial charge is 0.252 e. The fourth-order valence-electron chi connectivity index (χ4n) is 1.54. The molecule has 0 saturated carbocycles. The van der Waals surface area contributed by atoms with Gasteiger partial charge in [0.2, 0.25) is 0 Å². The van der Waals surface area contributed by atoms with Crippen molar-refractivity contribution in [3.8, 4) is 11.8 Å².